The second kappa shape index (κ2) is 24.2. The van der Waals surface area contributed by atoms with Crippen LogP contribution >= 0.6 is 0 Å². The molecule has 2 aromatic carbocycles. The number of methoxy groups -OCH3 is 2. The molecule has 1 fully saturated rings. The molecule has 0 saturated carbocycles. The summed E-state index contributed by atoms with van der Waals surface area (Å²) in [5.41, 5.74) is 1.90. The quantitative estimate of drug-likeness (QED) is 0.146. The maximum Gasteiger partial charge on any atom is 0.245 e. The minimum atomic E-state index is -0.821. The summed E-state index contributed by atoms with van der Waals surface area (Å²) in [6.07, 6.45) is 1.12. The highest BCUT2D eigenvalue weighted by Gasteiger charge is 2.43. The fraction of sp³-hybridized carbons (Fsp3) is 0.638. The van der Waals surface area contributed by atoms with E-state index in [-0.39, 0.29) is 53.7 Å². The van der Waals surface area contributed by atoms with Crippen LogP contribution in [0.25, 0.3) is 0 Å². The Morgan fingerprint density at radius 1 is 0.783 bits per heavy atom. The average Bonchev–Trinajstić information content (AvgIpc) is 3.72. The van der Waals surface area contributed by atoms with Gasteiger partial charge in [-0.25, -0.2) is 0 Å². The first-order chi connectivity index (χ1) is 28.5. The predicted molar refractivity (Wildman–Crippen MR) is 236 cm³/mol. The van der Waals surface area contributed by atoms with Gasteiger partial charge in [0.25, 0.3) is 0 Å². The van der Waals surface area contributed by atoms with Crippen LogP contribution in [0.4, 0.5) is 0 Å². The number of hydrogen-bond donors (Lipinski definition) is 3. The molecule has 0 unspecified atom stereocenters. The van der Waals surface area contributed by atoms with Crippen LogP contribution in [-0.2, 0) is 46.4 Å². The zero-order chi connectivity index (χ0) is 44.7. The third kappa shape index (κ3) is 13.3. The molecule has 1 aliphatic rings. The van der Waals surface area contributed by atoms with E-state index in [0.29, 0.717) is 25.9 Å². The summed E-state index contributed by atoms with van der Waals surface area (Å²) in [6.45, 7) is 14.5. The van der Waals surface area contributed by atoms with Gasteiger partial charge in [-0.05, 0) is 48.8 Å². The van der Waals surface area contributed by atoms with E-state index >= 15 is 0 Å². The van der Waals surface area contributed by atoms with Gasteiger partial charge in [0, 0.05) is 47.8 Å². The Labute approximate surface area is 359 Å². The van der Waals surface area contributed by atoms with Crippen LogP contribution in [0.5, 0.6) is 0 Å². The van der Waals surface area contributed by atoms with Crippen molar-refractivity contribution in [1.29, 1.82) is 0 Å². The number of ether oxygens (including phenoxy) is 2. The van der Waals surface area contributed by atoms with E-state index in [1.807, 2.05) is 102 Å². The molecule has 3 rings (SSSR count). The van der Waals surface area contributed by atoms with Crippen LogP contribution in [0.15, 0.2) is 60.7 Å². The monoisotopic (exact) mass is 835 g/mol. The van der Waals surface area contributed by atoms with Crippen molar-refractivity contribution in [3.05, 3.63) is 71.8 Å². The molecular formula is C47H74N6O7. The Kier molecular flexibility index (Phi) is 20.2. The van der Waals surface area contributed by atoms with Gasteiger partial charge in [-0.2, -0.15) is 0 Å². The van der Waals surface area contributed by atoms with E-state index in [0.717, 1.165) is 24.0 Å². The molecule has 60 heavy (non-hydrogen) atoms. The number of likely N-dealkylation sites (N-methyl/N-ethyl adjacent to an activating group) is 3. The van der Waals surface area contributed by atoms with Gasteiger partial charge in [0.05, 0.1) is 42.7 Å². The standard InChI is InChI=1S/C47H74N6O7/c1-13-32(6)42(52(10)47(58)41(31(4)5)50-45(56)40(48-8)30(2)3)38(59-11)28-39(54)53-26-20-25-37(53)43(60-12)33(7)44(55)49-36(27-34-21-16-14-17-22-34)46(57)51(9)29-35-23-18-15-19-24-35/h14-19,21-24,30-33,36-38,40-43,48H,13,20,25-29H2,1-12H3,(H,49,55)(H,50,56)/t32-,33+,36-,37-,38+,40-,41-,42-,43+/m0/s1. The summed E-state index contributed by atoms with van der Waals surface area (Å²) in [6, 6.07) is 16.4. The number of carbonyl (C=O) groups excluding carboxylic acids is 5. The molecule has 0 radical (unpaired) electrons. The largest absolute Gasteiger partial charge is 0.379 e. The van der Waals surface area contributed by atoms with Gasteiger partial charge in [0.1, 0.15) is 12.1 Å². The van der Waals surface area contributed by atoms with Gasteiger partial charge in [-0.1, -0.05) is 116 Å². The molecule has 0 spiro atoms. The lowest BCUT2D eigenvalue weighted by molar-refractivity contribution is -0.148. The first kappa shape index (κ1) is 50.0. The maximum absolute atomic E-state index is 14.4. The van der Waals surface area contributed by atoms with Crippen molar-refractivity contribution in [3.63, 3.8) is 0 Å². The first-order valence-corrected chi connectivity index (χ1v) is 21.7. The summed E-state index contributed by atoms with van der Waals surface area (Å²) < 4.78 is 12.1. The van der Waals surface area contributed by atoms with Crippen LogP contribution < -0.4 is 16.0 Å². The molecule has 3 N–H and O–H groups in total. The number of nitrogens with zero attached hydrogens (tertiary/aromatic N) is 3. The third-order valence-corrected chi connectivity index (χ3v) is 12.3. The van der Waals surface area contributed by atoms with Crippen molar-refractivity contribution in [1.82, 2.24) is 30.7 Å². The number of carbonyl (C=O) groups is 5. The zero-order valence-corrected chi connectivity index (χ0v) is 38.3. The molecule has 1 heterocycles. The van der Waals surface area contributed by atoms with Crippen LogP contribution in [0.1, 0.15) is 85.3 Å². The third-order valence-electron chi connectivity index (χ3n) is 12.3. The van der Waals surface area contributed by atoms with Gasteiger partial charge in [-0.15, -0.1) is 0 Å². The average molecular weight is 835 g/mol. The van der Waals surface area contributed by atoms with Crippen molar-refractivity contribution >= 4 is 29.5 Å². The van der Waals surface area contributed by atoms with Crippen LogP contribution in [0.2, 0.25) is 0 Å². The van der Waals surface area contributed by atoms with Crippen LogP contribution in [0, 0.1) is 23.7 Å². The number of likely N-dealkylation sites (tertiary alicyclic amines) is 1. The summed E-state index contributed by atoms with van der Waals surface area (Å²) >= 11 is 0. The summed E-state index contributed by atoms with van der Waals surface area (Å²) in [4.78, 5) is 75.0. The molecule has 2 aromatic rings. The normalized spacial score (nSPS) is 18.2. The van der Waals surface area contributed by atoms with Crippen LogP contribution in [0.3, 0.4) is 0 Å². The topological polar surface area (TPSA) is 150 Å². The lowest BCUT2D eigenvalue weighted by Crippen LogP contribution is -2.59. The second-order valence-corrected chi connectivity index (χ2v) is 17.3. The fourth-order valence-electron chi connectivity index (χ4n) is 8.60. The van der Waals surface area contributed by atoms with Crippen molar-refractivity contribution in [2.45, 2.75) is 130 Å². The highest BCUT2D eigenvalue weighted by Crippen LogP contribution is 2.30. The molecule has 0 bridgehead atoms. The lowest BCUT2D eigenvalue weighted by atomic mass is 9.89. The second-order valence-electron chi connectivity index (χ2n) is 17.3. The molecule has 1 aliphatic heterocycles. The van der Waals surface area contributed by atoms with Crippen molar-refractivity contribution in [2.24, 2.45) is 23.7 Å². The molecule has 9 atom stereocenters. The molecule has 1 saturated heterocycles. The van der Waals surface area contributed by atoms with Gasteiger partial charge in [-0.3, -0.25) is 24.0 Å². The highest BCUT2D eigenvalue weighted by atomic mass is 16.5. The first-order valence-electron chi connectivity index (χ1n) is 21.7. The molecule has 13 nitrogen and oxygen atoms in total. The molecule has 0 aliphatic carbocycles. The number of hydrogen-bond acceptors (Lipinski definition) is 8. The van der Waals surface area contributed by atoms with E-state index in [9.17, 15) is 24.0 Å². The SMILES string of the molecule is CC[C@H](C)[C@@H]([C@@H](CC(=O)N1CCC[C@H]1[C@H](OC)[C@@H](C)C(=O)N[C@@H](Cc1ccccc1)C(=O)N(C)Cc1ccccc1)OC)N(C)C(=O)[C@@H](NC(=O)[C@@H](NC)C(C)C)C(C)C. The Hall–Kier alpha value is -4.33. The number of benzene rings is 2. The highest BCUT2D eigenvalue weighted by molar-refractivity contribution is 5.90. The minimum Gasteiger partial charge on any atom is -0.379 e. The number of amides is 5. The Morgan fingerprint density at radius 3 is 1.88 bits per heavy atom. The maximum atomic E-state index is 14.4. The van der Waals surface area contributed by atoms with Gasteiger partial charge in [0.15, 0.2) is 0 Å². The van der Waals surface area contributed by atoms with Gasteiger partial charge >= 0.3 is 0 Å². The molecule has 13 heteroatoms. The summed E-state index contributed by atoms with van der Waals surface area (Å²) in [5, 5.41) is 9.11. The molecule has 0 aromatic heterocycles. The summed E-state index contributed by atoms with van der Waals surface area (Å²) in [5.74, 6) is -2.09. The van der Waals surface area contributed by atoms with E-state index in [1.165, 1.54) is 0 Å². The zero-order valence-electron chi connectivity index (χ0n) is 38.3. The van der Waals surface area contributed by atoms with Gasteiger partial charge < -0.3 is 40.1 Å². The van der Waals surface area contributed by atoms with E-state index in [2.05, 4.69) is 16.0 Å². The van der Waals surface area contributed by atoms with Crippen molar-refractivity contribution < 1.29 is 33.4 Å². The van der Waals surface area contributed by atoms with E-state index in [4.69, 9.17) is 9.47 Å². The Bertz CT molecular complexity index is 1660. The fourth-order valence-corrected chi connectivity index (χ4v) is 8.60. The van der Waals surface area contributed by atoms with Crippen LogP contribution in [-0.4, -0.2) is 129 Å². The van der Waals surface area contributed by atoms with E-state index < -0.39 is 48.3 Å². The molecule has 334 valence electrons. The Balaban J connectivity index is 1.81. The summed E-state index contributed by atoms with van der Waals surface area (Å²) in [7, 11) is 8.31. The number of nitrogens with one attached hydrogen (secondary N) is 3. The van der Waals surface area contributed by atoms with Gasteiger partial charge in [0.2, 0.25) is 29.5 Å². The van der Waals surface area contributed by atoms with Crippen molar-refractivity contribution in [3.8, 4) is 0 Å². The number of rotatable bonds is 23. The van der Waals surface area contributed by atoms with E-state index in [1.54, 1.807) is 57.0 Å². The molecule has 5 amide bonds. The minimum absolute atomic E-state index is 0.00587. The van der Waals surface area contributed by atoms with Crippen molar-refractivity contribution in [2.75, 3.05) is 41.9 Å². The lowest BCUT2D eigenvalue weighted by Gasteiger charge is -2.41. The predicted octanol–water partition coefficient (Wildman–Crippen LogP) is 4.68. The Morgan fingerprint density at radius 2 is 1.37 bits per heavy atom. The smallest absolute Gasteiger partial charge is 0.245 e. The molecular weight excluding hydrogens is 761 g/mol.